The molecule has 0 unspecified atom stereocenters. The first-order valence-electron chi connectivity index (χ1n) is 9.66. The van der Waals surface area contributed by atoms with Crippen molar-refractivity contribution in [1.29, 1.82) is 5.26 Å². The normalized spacial score (nSPS) is 17.2. The van der Waals surface area contributed by atoms with E-state index in [2.05, 4.69) is 16.0 Å². The van der Waals surface area contributed by atoms with Gasteiger partial charge in [0.05, 0.1) is 11.9 Å². The molecule has 0 aromatic carbocycles. The molecule has 2 aliphatic rings. The van der Waals surface area contributed by atoms with E-state index in [0.29, 0.717) is 31.3 Å². The zero-order valence-electron chi connectivity index (χ0n) is 15.7. The molecule has 9 heteroatoms. The number of alkyl halides is 3. The van der Waals surface area contributed by atoms with Gasteiger partial charge in [-0.15, -0.1) is 0 Å². The van der Waals surface area contributed by atoms with Gasteiger partial charge in [0.15, 0.2) is 5.69 Å². The lowest BCUT2D eigenvalue weighted by atomic mass is 9.96. The highest BCUT2D eigenvalue weighted by Gasteiger charge is 2.33. The number of aryl methyl sites for hydroxylation is 2. The second kappa shape index (κ2) is 7.50. The number of nitrogens with zero attached hydrogens (tertiary/aromatic N) is 5. The Morgan fingerprint density at radius 2 is 1.97 bits per heavy atom. The molecule has 1 aliphatic heterocycles. The fourth-order valence-electron chi connectivity index (χ4n) is 4.11. The molecule has 1 fully saturated rings. The van der Waals surface area contributed by atoms with Gasteiger partial charge in [0.2, 0.25) is 0 Å². The molecule has 6 nitrogen and oxygen atoms in total. The summed E-state index contributed by atoms with van der Waals surface area (Å²) in [5.41, 5.74) is 0.965. The predicted octanol–water partition coefficient (Wildman–Crippen LogP) is 2.93. The van der Waals surface area contributed by atoms with Crippen molar-refractivity contribution in [3.05, 3.63) is 51.3 Å². The second-order valence-corrected chi connectivity index (χ2v) is 7.62. The van der Waals surface area contributed by atoms with Crippen LogP contribution in [-0.2, 0) is 25.6 Å². The Kier molecular flexibility index (Phi) is 5.03. The van der Waals surface area contributed by atoms with E-state index in [-0.39, 0.29) is 5.92 Å². The summed E-state index contributed by atoms with van der Waals surface area (Å²) in [5.74, 6) is 0.877. The second-order valence-electron chi connectivity index (χ2n) is 7.62. The highest BCUT2D eigenvalue weighted by Crippen LogP contribution is 2.30. The van der Waals surface area contributed by atoms with E-state index in [1.54, 1.807) is 0 Å². The van der Waals surface area contributed by atoms with E-state index in [0.717, 1.165) is 55.5 Å². The van der Waals surface area contributed by atoms with Crippen molar-refractivity contribution in [2.45, 2.75) is 44.8 Å². The fourth-order valence-corrected chi connectivity index (χ4v) is 4.11. The quantitative estimate of drug-likeness (QED) is 0.788. The number of aromatic nitrogens is 3. The van der Waals surface area contributed by atoms with Crippen LogP contribution in [0, 0.1) is 17.2 Å². The highest BCUT2D eigenvalue weighted by atomic mass is 19.4. The van der Waals surface area contributed by atoms with Gasteiger partial charge >= 0.3 is 6.18 Å². The third-order valence-corrected chi connectivity index (χ3v) is 5.69. The maximum absolute atomic E-state index is 12.7. The Morgan fingerprint density at radius 3 is 2.62 bits per heavy atom. The molecule has 3 heterocycles. The van der Waals surface area contributed by atoms with E-state index in [1.165, 1.54) is 4.57 Å². The molecule has 0 radical (unpaired) electrons. The zero-order valence-corrected chi connectivity index (χ0v) is 15.7. The van der Waals surface area contributed by atoms with Crippen molar-refractivity contribution < 1.29 is 13.2 Å². The summed E-state index contributed by atoms with van der Waals surface area (Å²) < 4.78 is 39.2. The summed E-state index contributed by atoms with van der Waals surface area (Å²) in [6, 6.07) is 4.74. The third kappa shape index (κ3) is 3.97. The van der Waals surface area contributed by atoms with Crippen LogP contribution in [0.1, 0.15) is 41.8 Å². The van der Waals surface area contributed by atoms with Crippen LogP contribution in [0.15, 0.2) is 23.3 Å². The van der Waals surface area contributed by atoms with Gasteiger partial charge in [0, 0.05) is 31.4 Å². The average molecular weight is 403 g/mol. The molecule has 0 amide bonds. The van der Waals surface area contributed by atoms with Crippen molar-refractivity contribution in [2.75, 3.05) is 18.0 Å². The van der Waals surface area contributed by atoms with Crippen molar-refractivity contribution in [1.82, 2.24) is 14.5 Å². The number of rotatable bonds is 3. The minimum atomic E-state index is -4.62. The summed E-state index contributed by atoms with van der Waals surface area (Å²) in [7, 11) is 0. The molecule has 1 aliphatic carbocycles. The maximum Gasteiger partial charge on any atom is 0.433 e. The SMILES string of the molecule is N#Cc1cc2c(nc1N1CCC(Cn3cnc(C(F)(F)F)cc3=O)CC1)CCC2. The lowest BCUT2D eigenvalue weighted by Gasteiger charge is -2.33. The first kappa shape index (κ1) is 19.4. The first-order chi connectivity index (χ1) is 13.8. The van der Waals surface area contributed by atoms with Gasteiger partial charge in [-0.05, 0) is 49.7 Å². The lowest BCUT2D eigenvalue weighted by Crippen LogP contribution is -2.37. The monoisotopic (exact) mass is 403 g/mol. The lowest BCUT2D eigenvalue weighted by molar-refractivity contribution is -0.141. The van der Waals surface area contributed by atoms with Gasteiger partial charge in [-0.2, -0.15) is 18.4 Å². The number of nitriles is 1. The summed E-state index contributed by atoms with van der Waals surface area (Å²) in [4.78, 5) is 22.2. The zero-order chi connectivity index (χ0) is 20.6. The molecule has 29 heavy (non-hydrogen) atoms. The van der Waals surface area contributed by atoms with Crippen LogP contribution in [0.2, 0.25) is 0 Å². The molecule has 0 spiro atoms. The maximum atomic E-state index is 12.7. The van der Waals surface area contributed by atoms with E-state index < -0.39 is 17.4 Å². The average Bonchev–Trinajstić information content (AvgIpc) is 3.15. The molecule has 0 bridgehead atoms. The van der Waals surface area contributed by atoms with Crippen LogP contribution in [-0.4, -0.2) is 27.6 Å². The van der Waals surface area contributed by atoms with E-state index in [4.69, 9.17) is 4.98 Å². The minimum absolute atomic E-state index is 0.155. The smallest absolute Gasteiger partial charge is 0.355 e. The molecular weight excluding hydrogens is 383 g/mol. The topological polar surface area (TPSA) is 74.8 Å². The van der Waals surface area contributed by atoms with Crippen LogP contribution >= 0.6 is 0 Å². The largest absolute Gasteiger partial charge is 0.433 e. The molecule has 4 rings (SSSR count). The van der Waals surface area contributed by atoms with E-state index >= 15 is 0 Å². The highest BCUT2D eigenvalue weighted by molar-refractivity contribution is 5.57. The van der Waals surface area contributed by atoms with Crippen LogP contribution in [0.5, 0.6) is 0 Å². The van der Waals surface area contributed by atoms with Crippen molar-refractivity contribution in [3.8, 4) is 6.07 Å². The van der Waals surface area contributed by atoms with Crippen LogP contribution in [0.25, 0.3) is 0 Å². The number of pyridine rings is 1. The summed E-state index contributed by atoms with van der Waals surface area (Å²) in [5, 5.41) is 9.50. The Hall–Kier alpha value is -2.89. The van der Waals surface area contributed by atoms with Crippen LogP contribution in [0.3, 0.4) is 0 Å². The Labute approximate surface area is 165 Å². The number of hydrogen-bond acceptors (Lipinski definition) is 5. The summed E-state index contributed by atoms with van der Waals surface area (Å²) >= 11 is 0. The molecular formula is C20H20F3N5O. The predicted molar refractivity (Wildman–Crippen MR) is 99.4 cm³/mol. The molecule has 2 aromatic heterocycles. The van der Waals surface area contributed by atoms with Crippen LogP contribution in [0.4, 0.5) is 19.0 Å². The van der Waals surface area contributed by atoms with E-state index in [9.17, 15) is 23.2 Å². The summed E-state index contributed by atoms with van der Waals surface area (Å²) in [6.45, 7) is 1.71. The molecule has 2 aromatic rings. The van der Waals surface area contributed by atoms with Gasteiger partial charge < -0.3 is 4.90 Å². The first-order valence-corrected chi connectivity index (χ1v) is 9.66. The Morgan fingerprint density at radius 1 is 1.21 bits per heavy atom. The number of fused-ring (bicyclic) bond motifs is 1. The molecule has 152 valence electrons. The van der Waals surface area contributed by atoms with Gasteiger partial charge in [-0.1, -0.05) is 0 Å². The summed E-state index contributed by atoms with van der Waals surface area (Å²) in [6.07, 6.45) is 0.852. The van der Waals surface area contributed by atoms with Gasteiger partial charge in [0.25, 0.3) is 5.56 Å². The number of piperidine rings is 1. The fraction of sp³-hybridized carbons (Fsp3) is 0.500. The van der Waals surface area contributed by atoms with Gasteiger partial charge in [-0.3, -0.25) is 9.36 Å². The molecule has 0 N–H and O–H groups in total. The number of halogens is 3. The van der Waals surface area contributed by atoms with Gasteiger partial charge in [-0.25, -0.2) is 9.97 Å². The van der Waals surface area contributed by atoms with Crippen LogP contribution < -0.4 is 10.5 Å². The third-order valence-electron chi connectivity index (χ3n) is 5.69. The molecule has 1 saturated heterocycles. The molecule has 0 saturated carbocycles. The van der Waals surface area contributed by atoms with Crippen molar-refractivity contribution in [2.24, 2.45) is 5.92 Å². The Balaban J connectivity index is 1.43. The van der Waals surface area contributed by atoms with Crippen molar-refractivity contribution >= 4 is 5.82 Å². The van der Waals surface area contributed by atoms with Crippen molar-refractivity contribution in [3.63, 3.8) is 0 Å². The number of hydrogen-bond donors (Lipinski definition) is 0. The Bertz CT molecular complexity index is 1020. The van der Waals surface area contributed by atoms with Gasteiger partial charge in [0.1, 0.15) is 11.9 Å². The minimum Gasteiger partial charge on any atom is -0.355 e. The van der Waals surface area contributed by atoms with E-state index in [1.807, 2.05) is 6.07 Å². The number of anilines is 1. The standard InChI is InChI=1S/C20H20F3N5O/c21-20(22,23)17-9-18(29)28(12-25-17)11-13-4-6-27(7-5-13)19-15(10-24)8-14-2-1-3-16(14)26-19/h8-9,12-13H,1-7,11H2. The molecule has 0 atom stereocenters.